The minimum atomic E-state index is -0.854. The van der Waals surface area contributed by atoms with E-state index in [9.17, 15) is 9.50 Å². The van der Waals surface area contributed by atoms with Crippen LogP contribution in [0.1, 0.15) is 43.1 Å². The van der Waals surface area contributed by atoms with Gasteiger partial charge < -0.3 is 9.67 Å². The highest BCUT2D eigenvalue weighted by molar-refractivity contribution is 9.10. The van der Waals surface area contributed by atoms with Gasteiger partial charge in [-0.1, -0.05) is 15.9 Å². The van der Waals surface area contributed by atoms with Crippen LogP contribution in [0.25, 0.3) is 0 Å². The summed E-state index contributed by atoms with van der Waals surface area (Å²) < 4.78 is 17.3. The van der Waals surface area contributed by atoms with E-state index in [1.54, 1.807) is 18.3 Å². The number of benzene rings is 1. The van der Waals surface area contributed by atoms with E-state index in [1.807, 2.05) is 6.92 Å². The zero-order valence-corrected chi connectivity index (χ0v) is 14.5. The van der Waals surface area contributed by atoms with Gasteiger partial charge in [0, 0.05) is 23.0 Å². The van der Waals surface area contributed by atoms with E-state index in [1.165, 1.54) is 18.9 Å². The summed E-state index contributed by atoms with van der Waals surface area (Å²) in [6.45, 7) is 2.47. The van der Waals surface area contributed by atoms with Gasteiger partial charge in [-0.3, -0.25) is 5.32 Å². The Morgan fingerprint density at radius 1 is 1.48 bits per heavy atom. The van der Waals surface area contributed by atoms with E-state index < -0.39 is 11.8 Å². The molecule has 2 atom stereocenters. The second-order valence-corrected chi connectivity index (χ2v) is 7.75. The number of aliphatic hydroxyl groups excluding tert-OH is 1. The number of rotatable bonds is 3. The molecule has 1 unspecified atom stereocenters. The molecule has 122 valence electrons. The first-order chi connectivity index (χ1) is 11.0. The van der Waals surface area contributed by atoms with E-state index in [-0.39, 0.29) is 5.82 Å². The quantitative estimate of drug-likeness (QED) is 0.860. The van der Waals surface area contributed by atoms with E-state index in [2.05, 4.69) is 30.8 Å². The highest BCUT2D eigenvalue weighted by Gasteiger charge is 2.39. The Morgan fingerprint density at radius 3 is 3.00 bits per heavy atom. The van der Waals surface area contributed by atoms with Gasteiger partial charge in [-0.2, -0.15) is 0 Å². The monoisotopic (exact) mass is 379 g/mol. The van der Waals surface area contributed by atoms with Crippen LogP contribution in [0.4, 0.5) is 4.39 Å². The van der Waals surface area contributed by atoms with E-state index in [0.717, 1.165) is 22.4 Å². The van der Waals surface area contributed by atoms with E-state index in [4.69, 9.17) is 0 Å². The van der Waals surface area contributed by atoms with Crippen LogP contribution < -0.4 is 5.32 Å². The van der Waals surface area contributed by atoms with Gasteiger partial charge in [0.25, 0.3) is 0 Å². The number of aliphatic hydroxyl groups is 1. The molecule has 1 aromatic carbocycles. The predicted octanol–water partition coefficient (Wildman–Crippen LogP) is 3.25. The molecular formula is C17H19BrFN3O. The van der Waals surface area contributed by atoms with Gasteiger partial charge in [-0.15, -0.1) is 0 Å². The summed E-state index contributed by atoms with van der Waals surface area (Å²) >= 11 is 3.41. The average Bonchev–Trinajstić information content (AvgIpc) is 3.22. The molecular weight excluding hydrogens is 361 g/mol. The van der Waals surface area contributed by atoms with Crippen molar-refractivity contribution in [2.24, 2.45) is 5.92 Å². The number of aromatic nitrogens is 2. The molecule has 2 aliphatic rings. The van der Waals surface area contributed by atoms with Crippen LogP contribution in [0.2, 0.25) is 0 Å². The van der Waals surface area contributed by atoms with Gasteiger partial charge in [-0.05, 0) is 43.9 Å². The van der Waals surface area contributed by atoms with Gasteiger partial charge in [0.2, 0.25) is 0 Å². The smallest absolute Gasteiger partial charge is 0.148 e. The Hall–Kier alpha value is -1.24. The normalized spacial score (nSPS) is 27.0. The molecule has 1 aliphatic heterocycles. The number of imidazole rings is 1. The maximum Gasteiger partial charge on any atom is 0.148 e. The fraction of sp³-hybridized carbons (Fsp3) is 0.471. The third-order valence-corrected chi connectivity index (χ3v) is 5.36. The Balaban J connectivity index is 1.74. The first-order valence-corrected chi connectivity index (χ1v) is 8.71. The summed E-state index contributed by atoms with van der Waals surface area (Å²) in [7, 11) is 0. The molecule has 2 N–H and O–H groups in total. The molecule has 0 radical (unpaired) electrons. The van der Waals surface area contributed by atoms with Crippen molar-refractivity contribution in [1.82, 2.24) is 14.9 Å². The molecule has 23 heavy (non-hydrogen) atoms. The first-order valence-electron chi connectivity index (χ1n) is 7.92. The van der Waals surface area contributed by atoms with Crippen molar-refractivity contribution in [3.63, 3.8) is 0 Å². The van der Waals surface area contributed by atoms with Crippen LogP contribution in [0.5, 0.6) is 0 Å². The van der Waals surface area contributed by atoms with Crippen LogP contribution >= 0.6 is 15.9 Å². The molecule has 0 spiro atoms. The second-order valence-electron chi connectivity index (χ2n) is 6.84. The Bertz CT molecular complexity index is 758. The van der Waals surface area contributed by atoms with Crippen LogP contribution in [-0.2, 0) is 18.5 Å². The molecule has 1 saturated carbocycles. The van der Waals surface area contributed by atoms with Crippen molar-refractivity contribution in [2.75, 3.05) is 0 Å². The highest BCUT2D eigenvalue weighted by Crippen LogP contribution is 2.37. The SMILES string of the molecule is C[C@@]1(c2cc(Br)ccc2F)Cn2c(cnc2CC2CC2)C(O)N1. The topological polar surface area (TPSA) is 50.1 Å². The number of hydrogen-bond donors (Lipinski definition) is 2. The number of nitrogens with zero attached hydrogens (tertiary/aromatic N) is 2. The summed E-state index contributed by atoms with van der Waals surface area (Å²) in [6.07, 6.45) is 4.31. The van der Waals surface area contributed by atoms with Crippen molar-refractivity contribution in [3.05, 3.63) is 51.8 Å². The number of hydrogen-bond acceptors (Lipinski definition) is 3. The maximum absolute atomic E-state index is 14.4. The molecule has 2 aromatic rings. The summed E-state index contributed by atoms with van der Waals surface area (Å²) in [5.41, 5.74) is 0.607. The molecule has 6 heteroatoms. The zero-order chi connectivity index (χ0) is 16.2. The standard InChI is InChI=1S/C17H19BrFN3O/c1-17(12-7-11(18)4-5-13(12)19)9-22-14(16(23)21-17)8-20-15(22)6-10-2-3-10/h4-5,7-8,10,16,21,23H,2-3,6,9H2,1H3/t16?,17-/m0/s1. The lowest BCUT2D eigenvalue weighted by Crippen LogP contribution is -2.50. The van der Waals surface area contributed by atoms with Crippen molar-refractivity contribution < 1.29 is 9.50 Å². The minimum Gasteiger partial charge on any atom is -0.373 e. The zero-order valence-electron chi connectivity index (χ0n) is 12.9. The molecule has 2 heterocycles. The van der Waals surface area contributed by atoms with Crippen molar-refractivity contribution in [1.29, 1.82) is 0 Å². The van der Waals surface area contributed by atoms with Crippen LogP contribution in [0, 0.1) is 11.7 Å². The summed E-state index contributed by atoms with van der Waals surface area (Å²) in [5.74, 6) is 1.43. The lowest BCUT2D eigenvalue weighted by molar-refractivity contribution is 0.0553. The lowest BCUT2D eigenvalue weighted by atomic mass is 9.89. The Labute approximate surface area is 142 Å². The molecule has 0 amide bonds. The third-order valence-electron chi connectivity index (χ3n) is 4.87. The average molecular weight is 380 g/mol. The molecule has 1 aliphatic carbocycles. The molecule has 1 aromatic heterocycles. The van der Waals surface area contributed by atoms with Gasteiger partial charge >= 0.3 is 0 Å². The minimum absolute atomic E-state index is 0.275. The fourth-order valence-corrected chi connectivity index (χ4v) is 3.75. The van der Waals surface area contributed by atoms with Crippen LogP contribution in [-0.4, -0.2) is 14.7 Å². The third kappa shape index (κ3) is 2.73. The van der Waals surface area contributed by atoms with Gasteiger partial charge in [-0.25, -0.2) is 9.37 Å². The van der Waals surface area contributed by atoms with Crippen LogP contribution in [0.3, 0.4) is 0 Å². The van der Waals surface area contributed by atoms with Crippen molar-refractivity contribution in [3.8, 4) is 0 Å². The number of fused-ring (bicyclic) bond motifs is 1. The maximum atomic E-state index is 14.4. The summed E-state index contributed by atoms with van der Waals surface area (Å²) in [4.78, 5) is 4.49. The van der Waals surface area contributed by atoms with Crippen LogP contribution in [0.15, 0.2) is 28.9 Å². The molecule has 4 nitrogen and oxygen atoms in total. The highest BCUT2D eigenvalue weighted by atomic mass is 79.9. The Morgan fingerprint density at radius 2 is 2.26 bits per heavy atom. The van der Waals surface area contributed by atoms with E-state index in [0.29, 0.717) is 18.0 Å². The van der Waals surface area contributed by atoms with Crippen molar-refractivity contribution >= 4 is 15.9 Å². The molecule has 1 fully saturated rings. The summed E-state index contributed by atoms with van der Waals surface area (Å²) in [6, 6.07) is 4.91. The van der Waals surface area contributed by atoms with Gasteiger partial charge in [0.05, 0.1) is 17.4 Å². The largest absolute Gasteiger partial charge is 0.373 e. The Kier molecular flexibility index (Phi) is 3.59. The molecule has 0 bridgehead atoms. The van der Waals surface area contributed by atoms with Crippen molar-refractivity contribution in [2.45, 2.75) is 44.5 Å². The summed E-state index contributed by atoms with van der Waals surface area (Å²) in [5, 5.41) is 13.6. The molecule has 4 rings (SSSR count). The van der Waals surface area contributed by atoms with E-state index >= 15 is 0 Å². The fourth-order valence-electron chi connectivity index (χ4n) is 3.39. The number of halogens is 2. The predicted molar refractivity (Wildman–Crippen MR) is 88.2 cm³/mol. The second kappa shape index (κ2) is 5.40. The van der Waals surface area contributed by atoms with Gasteiger partial charge in [0.15, 0.2) is 0 Å². The number of nitrogens with one attached hydrogen (secondary N) is 1. The first kappa shape index (κ1) is 15.3. The van der Waals surface area contributed by atoms with Gasteiger partial charge in [0.1, 0.15) is 17.9 Å². The lowest BCUT2D eigenvalue weighted by Gasteiger charge is -2.40. The molecule has 0 saturated heterocycles.